The Morgan fingerprint density at radius 3 is 2.68 bits per heavy atom. The number of methoxy groups -OCH3 is 1. The summed E-state index contributed by atoms with van der Waals surface area (Å²) in [6, 6.07) is 15.4. The molecule has 2 N–H and O–H groups in total. The summed E-state index contributed by atoms with van der Waals surface area (Å²) in [5.41, 5.74) is 2.90. The number of amides is 2. The predicted molar refractivity (Wildman–Crippen MR) is 109 cm³/mol. The number of rotatable bonds is 8. The molecule has 1 fully saturated rings. The molecule has 1 aliphatic heterocycles. The first-order valence-corrected chi connectivity index (χ1v) is 9.60. The van der Waals surface area contributed by atoms with Gasteiger partial charge >= 0.3 is 0 Å². The first kappa shape index (κ1) is 19.9. The third kappa shape index (κ3) is 5.10. The van der Waals surface area contributed by atoms with E-state index in [9.17, 15) is 9.59 Å². The smallest absolute Gasteiger partial charge is 0.229 e. The molecule has 0 aliphatic carbocycles. The summed E-state index contributed by atoms with van der Waals surface area (Å²) in [6.07, 6.45) is 0.249. The summed E-state index contributed by atoms with van der Waals surface area (Å²) in [4.78, 5) is 26.7. The van der Waals surface area contributed by atoms with Crippen molar-refractivity contribution in [3.05, 3.63) is 59.7 Å². The van der Waals surface area contributed by atoms with Crippen LogP contribution in [0.4, 0.5) is 5.69 Å². The maximum absolute atomic E-state index is 12.6. The third-order valence-electron chi connectivity index (χ3n) is 4.89. The Kier molecular flexibility index (Phi) is 6.66. The van der Waals surface area contributed by atoms with Crippen molar-refractivity contribution in [2.75, 3.05) is 25.5 Å². The van der Waals surface area contributed by atoms with Gasteiger partial charge in [0.25, 0.3) is 0 Å². The van der Waals surface area contributed by atoms with E-state index >= 15 is 0 Å². The number of carbonyl (C=O) groups is 2. The monoisotopic (exact) mass is 381 g/mol. The van der Waals surface area contributed by atoms with Crippen molar-refractivity contribution in [3.8, 4) is 5.75 Å². The molecule has 148 valence electrons. The predicted octanol–water partition coefficient (Wildman–Crippen LogP) is 2.79. The highest BCUT2D eigenvalue weighted by Gasteiger charge is 2.34. The van der Waals surface area contributed by atoms with Gasteiger partial charge in [0, 0.05) is 31.7 Å². The van der Waals surface area contributed by atoms with Gasteiger partial charge in [-0.05, 0) is 41.9 Å². The molecule has 1 heterocycles. The Balaban J connectivity index is 1.57. The van der Waals surface area contributed by atoms with Gasteiger partial charge in [-0.25, -0.2) is 0 Å². The Hall–Kier alpha value is -2.86. The fourth-order valence-electron chi connectivity index (χ4n) is 3.32. The molecule has 1 aliphatic rings. The molecule has 0 aromatic heterocycles. The van der Waals surface area contributed by atoms with Crippen LogP contribution < -0.4 is 15.4 Å². The van der Waals surface area contributed by atoms with E-state index in [1.54, 1.807) is 12.0 Å². The van der Waals surface area contributed by atoms with Crippen LogP contribution in [-0.4, -0.2) is 36.9 Å². The van der Waals surface area contributed by atoms with Crippen molar-refractivity contribution in [2.24, 2.45) is 5.92 Å². The normalized spacial score (nSPS) is 16.3. The van der Waals surface area contributed by atoms with Crippen LogP contribution in [0.1, 0.15) is 24.5 Å². The zero-order chi connectivity index (χ0) is 19.9. The molecule has 2 amide bonds. The van der Waals surface area contributed by atoms with Gasteiger partial charge < -0.3 is 20.3 Å². The highest BCUT2D eigenvalue weighted by atomic mass is 16.5. The van der Waals surface area contributed by atoms with E-state index in [0.29, 0.717) is 13.1 Å². The molecule has 2 aromatic carbocycles. The molecule has 1 saturated heterocycles. The highest BCUT2D eigenvalue weighted by Crippen LogP contribution is 2.23. The highest BCUT2D eigenvalue weighted by molar-refractivity contribution is 5.97. The van der Waals surface area contributed by atoms with Crippen molar-refractivity contribution in [2.45, 2.75) is 26.4 Å². The second-order valence-electron chi connectivity index (χ2n) is 6.99. The molecule has 6 heteroatoms. The second-order valence-corrected chi connectivity index (χ2v) is 6.99. The van der Waals surface area contributed by atoms with Crippen molar-refractivity contribution in [1.82, 2.24) is 10.2 Å². The van der Waals surface area contributed by atoms with Crippen LogP contribution in [0.25, 0.3) is 0 Å². The average molecular weight is 381 g/mol. The molecule has 2 aromatic rings. The van der Waals surface area contributed by atoms with Crippen LogP contribution in [-0.2, 0) is 22.7 Å². The van der Waals surface area contributed by atoms with Crippen LogP contribution in [0.2, 0.25) is 0 Å². The molecular formula is C22H27N3O3. The SMILES string of the molecule is CCNCc1cccc(NC(=O)C2CC(=O)N(Cc3ccc(OC)cc3)C2)c1. The van der Waals surface area contributed by atoms with Crippen LogP contribution in [0, 0.1) is 5.92 Å². The number of anilines is 1. The van der Waals surface area contributed by atoms with Crippen molar-refractivity contribution < 1.29 is 14.3 Å². The molecule has 1 unspecified atom stereocenters. The van der Waals surface area contributed by atoms with Crippen molar-refractivity contribution in [1.29, 1.82) is 0 Å². The van der Waals surface area contributed by atoms with Gasteiger partial charge in [-0.2, -0.15) is 0 Å². The van der Waals surface area contributed by atoms with E-state index in [-0.39, 0.29) is 24.2 Å². The molecule has 0 bridgehead atoms. The minimum absolute atomic E-state index is 0.0110. The number of likely N-dealkylation sites (tertiary alicyclic amines) is 1. The minimum atomic E-state index is -0.330. The number of benzene rings is 2. The minimum Gasteiger partial charge on any atom is -0.497 e. The number of nitrogens with one attached hydrogen (secondary N) is 2. The summed E-state index contributed by atoms with van der Waals surface area (Å²) in [5.74, 6) is 0.358. The molecular weight excluding hydrogens is 354 g/mol. The van der Waals surface area contributed by atoms with E-state index in [2.05, 4.69) is 17.6 Å². The van der Waals surface area contributed by atoms with Crippen LogP contribution in [0.5, 0.6) is 5.75 Å². The lowest BCUT2D eigenvalue weighted by Crippen LogP contribution is -2.28. The van der Waals surface area contributed by atoms with Gasteiger partial charge in [0.05, 0.1) is 13.0 Å². The number of nitrogens with zero attached hydrogens (tertiary/aromatic N) is 1. The Bertz CT molecular complexity index is 820. The summed E-state index contributed by atoms with van der Waals surface area (Å²) in [6.45, 7) is 4.65. The molecule has 6 nitrogen and oxygen atoms in total. The van der Waals surface area contributed by atoms with E-state index < -0.39 is 0 Å². The summed E-state index contributed by atoms with van der Waals surface area (Å²) >= 11 is 0. The fourth-order valence-corrected chi connectivity index (χ4v) is 3.32. The quantitative estimate of drug-likeness (QED) is 0.738. The van der Waals surface area contributed by atoms with Crippen molar-refractivity contribution in [3.63, 3.8) is 0 Å². The van der Waals surface area contributed by atoms with Crippen LogP contribution in [0.3, 0.4) is 0 Å². The molecule has 3 rings (SSSR count). The topological polar surface area (TPSA) is 70.7 Å². The standard InChI is InChI=1S/C22H27N3O3/c1-3-23-13-17-5-4-6-19(11-17)24-22(27)18-12-21(26)25(15-18)14-16-7-9-20(28-2)10-8-16/h4-11,18,23H,3,12-15H2,1-2H3,(H,24,27). The van der Waals surface area contributed by atoms with Crippen molar-refractivity contribution >= 4 is 17.5 Å². The maximum Gasteiger partial charge on any atom is 0.229 e. The zero-order valence-corrected chi connectivity index (χ0v) is 16.4. The van der Waals surface area contributed by atoms with E-state index in [4.69, 9.17) is 4.74 Å². The zero-order valence-electron chi connectivity index (χ0n) is 16.4. The van der Waals surface area contributed by atoms with Gasteiger partial charge in [0.2, 0.25) is 11.8 Å². The van der Waals surface area contributed by atoms with Gasteiger partial charge in [-0.15, -0.1) is 0 Å². The number of carbonyl (C=O) groups excluding carboxylic acids is 2. The van der Waals surface area contributed by atoms with E-state index in [1.807, 2.05) is 48.5 Å². The first-order chi connectivity index (χ1) is 13.6. The summed E-state index contributed by atoms with van der Waals surface area (Å²) in [7, 11) is 1.62. The third-order valence-corrected chi connectivity index (χ3v) is 4.89. The fraction of sp³-hybridized carbons (Fsp3) is 0.364. The second kappa shape index (κ2) is 9.37. The summed E-state index contributed by atoms with van der Waals surface area (Å²) < 4.78 is 5.16. The molecule has 1 atom stereocenters. The Morgan fingerprint density at radius 2 is 1.96 bits per heavy atom. The molecule has 0 spiro atoms. The lowest BCUT2D eigenvalue weighted by atomic mass is 10.1. The van der Waals surface area contributed by atoms with E-state index in [0.717, 1.165) is 35.7 Å². The maximum atomic E-state index is 12.6. The average Bonchev–Trinajstić information content (AvgIpc) is 3.08. The number of hydrogen-bond acceptors (Lipinski definition) is 4. The number of hydrogen-bond donors (Lipinski definition) is 2. The van der Waals surface area contributed by atoms with Gasteiger partial charge in [-0.1, -0.05) is 31.2 Å². The first-order valence-electron chi connectivity index (χ1n) is 9.60. The van der Waals surface area contributed by atoms with Gasteiger partial charge in [0.15, 0.2) is 0 Å². The Morgan fingerprint density at radius 1 is 1.18 bits per heavy atom. The number of ether oxygens (including phenoxy) is 1. The lowest BCUT2D eigenvalue weighted by molar-refractivity contribution is -0.128. The van der Waals surface area contributed by atoms with Crippen LogP contribution >= 0.6 is 0 Å². The van der Waals surface area contributed by atoms with Gasteiger partial charge in [-0.3, -0.25) is 9.59 Å². The Labute approximate surface area is 165 Å². The summed E-state index contributed by atoms with van der Waals surface area (Å²) in [5, 5.41) is 6.23. The molecule has 0 saturated carbocycles. The largest absolute Gasteiger partial charge is 0.497 e. The molecule has 28 heavy (non-hydrogen) atoms. The van der Waals surface area contributed by atoms with Gasteiger partial charge in [0.1, 0.15) is 5.75 Å². The van der Waals surface area contributed by atoms with Crippen LogP contribution in [0.15, 0.2) is 48.5 Å². The lowest BCUT2D eigenvalue weighted by Gasteiger charge is -2.17. The van der Waals surface area contributed by atoms with E-state index in [1.165, 1.54) is 0 Å². The molecule has 0 radical (unpaired) electrons.